The fourth-order valence-electron chi connectivity index (χ4n) is 2.07. The molecule has 0 amide bonds. The monoisotopic (exact) mass is 264 g/mol. The molecule has 0 bridgehead atoms. The van der Waals surface area contributed by atoms with E-state index in [2.05, 4.69) is 15.0 Å². The smallest absolute Gasteiger partial charge is 0.260 e. The van der Waals surface area contributed by atoms with Gasteiger partial charge in [-0.1, -0.05) is 6.07 Å². The number of H-pyrrole nitrogens is 1. The zero-order chi connectivity index (χ0) is 12.6. The number of fused-ring (bicyclic) bond motifs is 1. The normalized spacial score (nSPS) is 16.4. The average Bonchev–Trinajstić information content (AvgIpc) is 2.92. The Labute approximate surface area is 105 Å². The second-order valence-corrected chi connectivity index (χ2v) is 6.02. The molecule has 7 heteroatoms. The minimum absolute atomic E-state index is 0.134. The third kappa shape index (κ3) is 1.81. The number of aromatic nitrogens is 3. The van der Waals surface area contributed by atoms with Crippen molar-refractivity contribution in [2.24, 2.45) is 0 Å². The van der Waals surface area contributed by atoms with E-state index >= 15 is 0 Å². The first-order chi connectivity index (χ1) is 8.68. The van der Waals surface area contributed by atoms with Crippen molar-refractivity contribution in [3.63, 3.8) is 0 Å². The van der Waals surface area contributed by atoms with E-state index in [9.17, 15) is 8.42 Å². The number of rotatable bonds is 2. The Bertz CT molecular complexity index is 651. The molecule has 2 aromatic rings. The van der Waals surface area contributed by atoms with Crippen LogP contribution in [0.3, 0.4) is 0 Å². The summed E-state index contributed by atoms with van der Waals surface area (Å²) in [5.74, 6) is 0. The van der Waals surface area contributed by atoms with Gasteiger partial charge in [0, 0.05) is 31.4 Å². The zero-order valence-electron chi connectivity index (χ0n) is 9.57. The molecule has 6 nitrogen and oxygen atoms in total. The molecule has 3 rings (SSSR count). The van der Waals surface area contributed by atoms with Crippen molar-refractivity contribution in [2.75, 3.05) is 6.54 Å². The van der Waals surface area contributed by atoms with E-state index in [0.717, 1.165) is 11.3 Å². The number of nitrogens with one attached hydrogen (secondary N) is 1. The van der Waals surface area contributed by atoms with Crippen LogP contribution in [0.25, 0.3) is 0 Å². The number of aromatic amines is 1. The molecule has 18 heavy (non-hydrogen) atoms. The van der Waals surface area contributed by atoms with E-state index in [1.807, 2.05) is 12.1 Å². The van der Waals surface area contributed by atoms with Gasteiger partial charge < -0.3 is 4.98 Å². The number of imidazole rings is 1. The van der Waals surface area contributed by atoms with Gasteiger partial charge >= 0.3 is 0 Å². The van der Waals surface area contributed by atoms with Gasteiger partial charge in [0.15, 0.2) is 5.03 Å². The molecule has 0 unspecified atom stereocenters. The lowest BCUT2D eigenvalue weighted by Crippen LogP contribution is -2.36. The van der Waals surface area contributed by atoms with Crippen LogP contribution in [-0.4, -0.2) is 34.2 Å². The predicted octanol–water partition coefficient (Wildman–Crippen LogP) is 0.552. The summed E-state index contributed by atoms with van der Waals surface area (Å²) in [6.07, 6.45) is 5.07. The standard InChI is InChI=1S/C11H12N4O2S/c16-18(17,11-6-12-8-14-11)15-5-3-10-9(7-15)2-1-4-13-10/h1-2,4,6,8H,3,5,7H2,(H,12,14). The molecule has 0 aromatic carbocycles. The Morgan fingerprint density at radius 1 is 1.39 bits per heavy atom. The van der Waals surface area contributed by atoms with Crippen LogP contribution in [0.15, 0.2) is 35.9 Å². The summed E-state index contributed by atoms with van der Waals surface area (Å²) >= 11 is 0. The predicted molar refractivity (Wildman–Crippen MR) is 64.1 cm³/mol. The maximum Gasteiger partial charge on any atom is 0.260 e. The van der Waals surface area contributed by atoms with Gasteiger partial charge in [-0.2, -0.15) is 4.31 Å². The second-order valence-electron chi connectivity index (χ2n) is 4.11. The van der Waals surface area contributed by atoms with Crippen LogP contribution in [0.2, 0.25) is 0 Å². The molecule has 1 N–H and O–H groups in total. The Kier molecular flexibility index (Phi) is 2.64. The quantitative estimate of drug-likeness (QED) is 0.859. The molecule has 0 radical (unpaired) electrons. The van der Waals surface area contributed by atoms with Crippen LogP contribution in [-0.2, 0) is 23.0 Å². The molecule has 3 heterocycles. The zero-order valence-corrected chi connectivity index (χ0v) is 10.4. The molecule has 2 aromatic heterocycles. The van der Waals surface area contributed by atoms with Crippen molar-refractivity contribution in [1.29, 1.82) is 0 Å². The van der Waals surface area contributed by atoms with Crippen LogP contribution < -0.4 is 0 Å². The van der Waals surface area contributed by atoms with Gasteiger partial charge in [0.25, 0.3) is 10.0 Å². The highest BCUT2D eigenvalue weighted by Crippen LogP contribution is 2.22. The molecule has 94 valence electrons. The first-order valence-electron chi connectivity index (χ1n) is 5.59. The maximum atomic E-state index is 12.3. The Morgan fingerprint density at radius 3 is 3.06 bits per heavy atom. The molecule has 0 spiro atoms. The van der Waals surface area contributed by atoms with Crippen molar-refractivity contribution >= 4 is 10.0 Å². The number of pyridine rings is 1. The summed E-state index contributed by atoms with van der Waals surface area (Å²) < 4.78 is 26.0. The van der Waals surface area contributed by atoms with E-state index in [4.69, 9.17) is 0 Å². The minimum atomic E-state index is -3.47. The lowest BCUT2D eigenvalue weighted by Gasteiger charge is -2.26. The van der Waals surface area contributed by atoms with E-state index in [0.29, 0.717) is 19.5 Å². The minimum Gasteiger partial charge on any atom is -0.335 e. The Hall–Kier alpha value is -1.73. The average molecular weight is 264 g/mol. The summed E-state index contributed by atoms with van der Waals surface area (Å²) in [4.78, 5) is 10.7. The molecule has 0 atom stereocenters. The molecule has 0 aliphatic carbocycles. The SMILES string of the molecule is O=S(=O)(c1cnc[nH]1)N1CCc2ncccc2C1. The molecular formula is C11H12N4O2S. The summed E-state index contributed by atoms with van der Waals surface area (Å²) in [6, 6.07) is 3.74. The third-order valence-corrected chi connectivity index (χ3v) is 4.79. The van der Waals surface area contributed by atoms with Gasteiger partial charge in [0.2, 0.25) is 0 Å². The molecular weight excluding hydrogens is 252 g/mol. The second kappa shape index (κ2) is 4.18. The fraction of sp³-hybridized carbons (Fsp3) is 0.273. The molecule has 1 aliphatic rings. The number of sulfonamides is 1. The highest BCUT2D eigenvalue weighted by Gasteiger charge is 2.29. The Morgan fingerprint density at radius 2 is 2.28 bits per heavy atom. The van der Waals surface area contributed by atoms with Crippen molar-refractivity contribution in [3.8, 4) is 0 Å². The molecule has 0 saturated heterocycles. The summed E-state index contributed by atoms with van der Waals surface area (Å²) in [5, 5.41) is 0.134. The van der Waals surface area contributed by atoms with Crippen molar-refractivity contribution in [1.82, 2.24) is 19.3 Å². The van der Waals surface area contributed by atoms with E-state index in [1.165, 1.54) is 16.8 Å². The van der Waals surface area contributed by atoms with Crippen molar-refractivity contribution in [2.45, 2.75) is 18.0 Å². The van der Waals surface area contributed by atoms with Crippen LogP contribution in [0.5, 0.6) is 0 Å². The molecule has 0 saturated carbocycles. The fourth-order valence-corrected chi connectivity index (χ4v) is 3.38. The Balaban J connectivity index is 1.93. The first kappa shape index (κ1) is 11.4. The van der Waals surface area contributed by atoms with Crippen LogP contribution in [0.1, 0.15) is 11.3 Å². The third-order valence-electron chi connectivity index (χ3n) is 3.02. The number of hydrogen-bond acceptors (Lipinski definition) is 4. The van der Waals surface area contributed by atoms with Crippen LogP contribution in [0, 0.1) is 0 Å². The van der Waals surface area contributed by atoms with Crippen LogP contribution in [0.4, 0.5) is 0 Å². The maximum absolute atomic E-state index is 12.3. The van der Waals surface area contributed by atoms with Gasteiger partial charge in [0.1, 0.15) is 0 Å². The van der Waals surface area contributed by atoms with Crippen molar-refractivity contribution in [3.05, 3.63) is 42.1 Å². The van der Waals surface area contributed by atoms with Gasteiger partial charge in [-0.25, -0.2) is 13.4 Å². The number of nitrogens with zero attached hydrogens (tertiary/aromatic N) is 3. The molecule has 1 aliphatic heterocycles. The molecule has 0 fully saturated rings. The van der Waals surface area contributed by atoms with Gasteiger partial charge in [0.05, 0.1) is 12.5 Å². The van der Waals surface area contributed by atoms with Crippen LogP contribution >= 0.6 is 0 Å². The van der Waals surface area contributed by atoms with Crippen molar-refractivity contribution < 1.29 is 8.42 Å². The number of hydrogen-bond donors (Lipinski definition) is 1. The highest BCUT2D eigenvalue weighted by atomic mass is 32.2. The van der Waals surface area contributed by atoms with Gasteiger partial charge in [-0.3, -0.25) is 4.98 Å². The summed E-state index contributed by atoms with van der Waals surface area (Å²) in [6.45, 7) is 0.815. The topological polar surface area (TPSA) is 79.0 Å². The summed E-state index contributed by atoms with van der Waals surface area (Å²) in [7, 11) is -3.47. The largest absolute Gasteiger partial charge is 0.335 e. The van der Waals surface area contributed by atoms with E-state index in [1.54, 1.807) is 6.20 Å². The van der Waals surface area contributed by atoms with E-state index in [-0.39, 0.29) is 5.03 Å². The van der Waals surface area contributed by atoms with Gasteiger partial charge in [-0.15, -0.1) is 0 Å². The highest BCUT2D eigenvalue weighted by molar-refractivity contribution is 7.89. The van der Waals surface area contributed by atoms with E-state index < -0.39 is 10.0 Å². The first-order valence-corrected chi connectivity index (χ1v) is 7.03. The lowest BCUT2D eigenvalue weighted by molar-refractivity contribution is 0.386. The van der Waals surface area contributed by atoms with Gasteiger partial charge in [-0.05, 0) is 11.6 Å². The summed E-state index contributed by atoms with van der Waals surface area (Å²) in [5.41, 5.74) is 1.94. The lowest BCUT2D eigenvalue weighted by atomic mass is 10.1.